The first-order valence-corrected chi connectivity index (χ1v) is 3.81. The number of hydrogen-bond acceptors (Lipinski definition) is 3. The summed E-state index contributed by atoms with van der Waals surface area (Å²) in [7, 11) is 1.63. The van der Waals surface area contributed by atoms with Crippen molar-refractivity contribution in [1.29, 1.82) is 0 Å². The molecular formula is C9H13N3. The predicted molar refractivity (Wildman–Crippen MR) is 50.8 cm³/mol. The number of rotatable bonds is 1. The maximum atomic E-state index is 5.72. The van der Waals surface area contributed by atoms with Crippen LogP contribution in [0.3, 0.4) is 0 Å². The average Bonchev–Trinajstić information content (AvgIpc) is 2.01. The van der Waals surface area contributed by atoms with E-state index in [2.05, 4.69) is 10.2 Å². The average molecular weight is 163 g/mol. The normalized spacial score (nSPS) is 10.9. The van der Waals surface area contributed by atoms with Crippen molar-refractivity contribution in [3.8, 4) is 0 Å². The van der Waals surface area contributed by atoms with E-state index in [0.717, 1.165) is 5.69 Å². The van der Waals surface area contributed by atoms with Gasteiger partial charge in [-0.3, -0.25) is 0 Å². The molecule has 2 N–H and O–H groups in total. The van der Waals surface area contributed by atoms with Gasteiger partial charge in [-0.25, -0.2) is 0 Å². The quantitative estimate of drug-likeness (QED) is 0.502. The van der Waals surface area contributed by atoms with E-state index in [1.54, 1.807) is 7.05 Å². The summed E-state index contributed by atoms with van der Waals surface area (Å²) in [5.74, 6) is 0. The Bertz CT molecular complexity index is 316. The Labute approximate surface area is 72.3 Å². The molecule has 0 fully saturated rings. The van der Waals surface area contributed by atoms with Gasteiger partial charge in [-0.2, -0.15) is 10.2 Å². The Morgan fingerprint density at radius 1 is 1.17 bits per heavy atom. The lowest BCUT2D eigenvalue weighted by molar-refractivity contribution is 1.16. The molecule has 0 unspecified atom stereocenters. The molecule has 3 heteroatoms. The third kappa shape index (κ3) is 1.61. The molecule has 0 spiro atoms. The van der Waals surface area contributed by atoms with Crippen LogP contribution in [0.1, 0.15) is 11.1 Å². The zero-order valence-electron chi connectivity index (χ0n) is 7.63. The maximum Gasteiger partial charge on any atom is 0.108 e. The third-order valence-corrected chi connectivity index (χ3v) is 1.85. The molecule has 0 heterocycles. The van der Waals surface area contributed by atoms with E-state index in [1.807, 2.05) is 26.0 Å². The second kappa shape index (κ2) is 3.34. The minimum absolute atomic E-state index is 0.684. The fraction of sp³-hybridized carbons (Fsp3) is 0.333. The van der Waals surface area contributed by atoms with Gasteiger partial charge in [-0.1, -0.05) is 0 Å². The van der Waals surface area contributed by atoms with Gasteiger partial charge in [0, 0.05) is 7.05 Å². The number of nitrogen functional groups attached to an aromatic ring is 1. The Morgan fingerprint density at radius 2 is 1.75 bits per heavy atom. The number of nitrogens with zero attached hydrogens (tertiary/aromatic N) is 2. The molecule has 1 rings (SSSR count). The molecule has 0 aliphatic rings. The molecule has 0 saturated heterocycles. The predicted octanol–water partition coefficient (Wildman–Crippen LogP) is 2.60. The lowest BCUT2D eigenvalue weighted by Crippen LogP contribution is -1.88. The van der Waals surface area contributed by atoms with Crippen molar-refractivity contribution >= 4 is 11.4 Å². The van der Waals surface area contributed by atoms with Crippen molar-refractivity contribution in [2.45, 2.75) is 13.8 Å². The van der Waals surface area contributed by atoms with Crippen molar-refractivity contribution in [1.82, 2.24) is 0 Å². The molecule has 0 atom stereocenters. The molecule has 1 aromatic carbocycles. The standard InChI is InChI=1S/C9H13N3/c1-6-4-8(10)9(12-11-3)5-7(6)2/h4-5H,10H2,1-3H3. The fourth-order valence-electron chi connectivity index (χ4n) is 1.02. The summed E-state index contributed by atoms with van der Waals surface area (Å²) in [6.45, 7) is 4.06. The molecule has 1 aromatic rings. The summed E-state index contributed by atoms with van der Waals surface area (Å²) < 4.78 is 0. The molecule has 3 nitrogen and oxygen atoms in total. The molecule has 0 aliphatic heterocycles. The number of aryl methyl sites for hydroxylation is 2. The molecule has 0 aromatic heterocycles. The Morgan fingerprint density at radius 3 is 2.33 bits per heavy atom. The van der Waals surface area contributed by atoms with Gasteiger partial charge in [-0.15, -0.1) is 0 Å². The summed E-state index contributed by atoms with van der Waals surface area (Å²) in [6, 6.07) is 3.86. The first-order valence-electron chi connectivity index (χ1n) is 3.81. The van der Waals surface area contributed by atoms with E-state index < -0.39 is 0 Å². The topological polar surface area (TPSA) is 50.7 Å². The van der Waals surface area contributed by atoms with Gasteiger partial charge in [0.05, 0.1) is 5.69 Å². The molecular weight excluding hydrogens is 150 g/mol. The Balaban J connectivity index is 3.23. The van der Waals surface area contributed by atoms with Crippen molar-refractivity contribution in [3.05, 3.63) is 23.3 Å². The summed E-state index contributed by atoms with van der Waals surface area (Å²) in [5, 5.41) is 7.59. The summed E-state index contributed by atoms with van der Waals surface area (Å²) >= 11 is 0. The van der Waals surface area contributed by atoms with Crippen LogP contribution in [0.2, 0.25) is 0 Å². The lowest BCUT2D eigenvalue weighted by Gasteiger charge is -2.03. The minimum Gasteiger partial charge on any atom is -0.397 e. The molecule has 0 aliphatic carbocycles. The van der Waals surface area contributed by atoms with Gasteiger partial charge < -0.3 is 5.73 Å². The van der Waals surface area contributed by atoms with Gasteiger partial charge in [0.1, 0.15) is 5.69 Å². The van der Waals surface area contributed by atoms with Gasteiger partial charge in [0.2, 0.25) is 0 Å². The summed E-state index contributed by atoms with van der Waals surface area (Å²) in [6.07, 6.45) is 0. The van der Waals surface area contributed by atoms with Crippen LogP contribution in [0, 0.1) is 13.8 Å². The Hall–Kier alpha value is -1.38. The van der Waals surface area contributed by atoms with Crippen LogP contribution in [-0.4, -0.2) is 7.05 Å². The first-order chi connectivity index (χ1) is 5.65. The highest BCUT2D eigenvalue weighted by Crippen LogP contribution is 2.25. The zero-order chi connectivity index (χ0) is 9.14. The van der Waals surface area contributed by atoms with E-state index >= 15 is 0 Å². The smallest absolute Gasteiger partial charge is 0.108 e. The monoisotopic (exact) mass is 163 g/mol. The van der Waals surface area contributed by atoms with E-state index in [-0.39, 0.29) is 0 Å². The minimum atomic E-state index is 0.684. The zero-order valence-corrected chi connectivity index (χ0v) is 7.63. The maximum absolute atomic E-state index is 5.72. The molecule has 0 radical (unpaired) electrons. The third-order valence-electron chi connectivity index (χ3n) is 1.85. The fourth-order valence-corrected chi connectivity index (χ4v) is 1.02. The van der Waals surface area contributed by atoms with E-state index in [4.69, 9.17) is 5.73 Å². The molecule has 64 valence electrons. The van der Waals surface area contributed by atoms with Crippen LogP contribution in [0.5, 0.6) is 0 Å². The van der Waals surface area contributed by atoms with E-state index in [0.29, 0.717) is 5.69 Å². The van der Waals surface area contributed by atoms with Gasteiger partial charge in [0.25, 0.3) is 0 Å². The summed E-state index contributed by atoms with van der Waals surface area (Å²) in [5.41, 5.74) is 9.53. The first kappa shape index (κ1) is 8.71. The number of hydrogen-bond donors (Lipinski definition) is 1. The van der Waals surface area contributed by atoms with Gasteiger partial charge in [0.15, 0.2) is 0 Å². The second-order valence-corrected chi connectivity index (χ2v) is 2.80. The second-order valence-electron chi connectivity index (χ2n) is 2.80. The largest absolute Gasteiger partial charge is 0.397 e. The molecule has 0 saturated carbocycles. The number of nitrogens with two attached hydrogens (primary N) is 1. The van der Waals surface area contributed by atoms with Crippen molar-refractivity contribution in [2.24, 2.45) is 10.2 Å². The summed E-state index contributed by atoms with van der Waals surface area (Å²) in [4.78, 5) is 0. The Kier molecular flexibility index (Phi) is 2.43. The van der Waals surface area contributed by atoms with E-state index in [9.17, 15) is 0 Å². The number of azo groups is 1. The van der Waals surface area contributed by atoms with Gasteiger partial charge in [-0.05, 0) is 37.1 Å². The SMILES string of the molecule is CN=Nc1cc(C)c(C)cc1N. The molecule has 0 bridgehead atoms. The van der Waals surface area contributed by atoms with Crippen LogP contribution in [0.4, 0.5) is 11.4 Å². The van der Waals surface area contributed by atoms with Crippen molar-refractivity contribution in [2.75, 3.05) is 12.8 Å². The number of anilines is 1. The molecule has 12 heavy (non-hydrogen) atoms. The highest BCUT2D eigenvalue weighted by atomic mass is 15.1. The van der Waals surface area contributed by atoms with E-state index in [1.165, 1.54) is 11.1 Å². The lowest BCUT2D eigenvalue weighted by atomic mass is 10.1. The van der Waals surface area contributed by atoms with Crippen molar-refractivity contribution in [3.63, 3.8) is 0 Å². The number of benzene rings is 1. The van der Waals surface area contributed by atoms with Crippen molar-refractivity contribution < 1.29 is 0 Å². The van der Waals surface area contributed by atoms with Gasteiger partial charge >= 0.3 is 0 Å². The van der Waals surface area contributed by atoms with Crippen LogP contribution < -0.4 is 5.73 Å². The molecule has 0 amide bonds. The van der Waals surface area contributed by atoms with Crippen LogP contribution >= 0.6 is 0 Å². The van der Waals surface area contributed by atoms with Crippen LogP contribution in [0.25, 0.3) is 0 Å². The van der Waals surface area contributed by atoms with Crippen LogP contribution in [0.15, 0.2) is 22.4 Å². The highest BCUT2D eigenvalue weighted by molar-refractivity contribution is 5.64. The highest BCUT2D eigenvalue weighted by Gasteiger charge is 2.00. The van der Waals surface area contributed by atoms with Crippen LogP contribution in [-0.2, 0) is 0 Å².